The second-order valence-corrected chi connectivity index (χ2v) is 7.53. The third-order valence-electron chi connectivity index (χ3n) is 4.75. The fourth-order valence-electron chi connectivity index (χ4n) is 3.34. The molecule has 1 atom stereocenters. The highest BCUT2D eigenvalue weighted by atomic mass is 16.2. The highest BCUT2D eigenvalue weighted by Gasteiger charge is 2.30. The molecule has 0 saturated carbocycles. The van der Waals surface area contributed by atoms with Gasteiger partial charge in [0.25, 0.3) is 0 Å². The number of carbonyl (C=O) groups is 1. The topological polar surface area (TPSA) is 32.3 Å². The van der Waals surface area contributed by atoms with Crippen LogP contribution in [-0.4, -0.2) is 37.0 Å². The molecule has 1 unspecified atom stereocenters. The molecule has 0 spiro atoms. The van der Waals surface area contributed by atoms with Crippen LogP contribution >= 0.6 is 0 Å². The molecule has 2 aliphatic rings. The summed E-state index contributed by atoms with van der Waals surface area (Å²) in [6, 6.07) is 0. The first-order chi connectivity index (χ1) is 8.96. The summed E-state index contributed by atoms with van der Waals surface area (Å²) in [5, 5.41) is 3.46. The van der Waals surface area contributed by atoms with E-state index in [-0.39, 0.29) is 5.41 Å². The monoisotopic (exact) mass is 266 g/mol. The molecule has 2 rings (SSSR count). The van der Waals surface area contributed by atoms with E-state index in [4.69, 9.17) is 0 Å². The van der Waals surface area contributed by atoms with Gasteiger partial charge in [0.1, 0.15) is 0 Å². The Morgan fingerprint density at radius 3 is 2.37 bits per heavy atom. The van der Waals surface area contributed by atoms with Crippen LogP contribution in [0.4, 0.5) is 0 Å². The number of nitrogens with one attached hydrogen (secondary N) is 1. The molecule has 2 fully saturated rings. The van der Waals surface area contributed by atoms with E-state index in [1.54, 1.807) is 0 Å². The van der Waals surface area contributed by atoms with Crippen molar-refractivity contribution in [3.63, 3.8) is 0 Å². The maximum absolute atomic E-state index is 12.2. The number of nitrogens with zero attached hydrogens (tertiary/aromatic N) is 1. The Kier molecular flexibility index (Phi) is 4.88. The number of hydrogen-bond acceptors (Lipinski definition) is 2. The van der Waals surface area contributed by atoms with Gasteiger partial charge in [-0.3, -0.25) is 4.79 Å². The van der Waals surface area contributed by atoms with Gasteiger partial charge in [0.2, 0.25) is 5.91 Å². The highest BCUT2D eigenvalue weighted by molar-refractivity contribution is 5.76. The minimum atomic E-state index is 0.267. The van der Waals surface area contributed by atoms with E-state index in [9.17, 15) is 4.79 Å². The summed E-state index contributed by atoms with van der Waals surface area (Å²) >= 11 is 0. The highest BCUT2D eigenvalue weighted by Crippen LogP contribution is 2.29. The normalized spacial score (nSPS) is 25.8. The molecular weight excluding hydrogens is 236 g/mol. The number of carbonyl (C=O) groups excluding carboxylic acids is 1. The molecule has 0 radical (unpaired) electrons. The van der Waals surface area contributed by atoms with Gasteiger partial charge in [0.05, 0.1) is 0 Å². The average molecular weight is 266 g/mol. The van der Waals surface area contributed by atoms with Crippen molar-refractivity contribution in [2.24, 2.45) is 17.3 Å². The van der Waals surface area contributed by atoms with Gasteiger partial charge in [-0.25, -0.2) is 0 Å². The summed E-state index contributed by atoms with van der Waals surface area (Å²) in [5.74, 6) is 2.09. The van der Waals surface area contributed by atoms with Crippen molar-refractivity contribution in [1.82, 2.24) is 10.2 Å². The summed E-state index contributed by atoms with van der Waals surface area (Å²) in [6.45, 7) is 11.0. The Morgan fingerprint density at radius 1 is 1.16 bits per heavy atom. The molecule has 0 aromatic carbocycles. The van der Waals surface area contributed by atoms with Crippen molar-refractivity contribution in [3.8, 4) is 0 Å². The summed E-state index contributed by atoms with van der Waals surface area (Å²) < 4.78 is 0. The minimum Gasteiger partial charge on any atom is -0.343 e. The molecule has 3 heteroatoms. The van der Waals surface area contributed by atoms with Crippen LogP contribution in [0.5, 0.6) is 0 Å². The van der Waals surface area contributed by atoms with Gasteiger partial charge in [-0.2, -0.15) is 0 Å². The van der Waals surface area contributed by atoms with Gasteiger partial charge in [0.15, 0.2) is 0 Å². The third kappa shape index (κ3) is 4.48. The minimum absolute atomic E-state index is 0.267. The fourth-order valence-corrected chi connectivity index (χ4v) is 3.34. The second kappa shape index (κ2) is 6.25. The molecule has 110 valence electrons. The zero-order valence-corrected chi connectivity index (χ0v) is 12.9. The van der Waals surface area contributed by atoms with E-state index in [2.05, 4.69) is 31.0 Å². The van der Waals surface area contributed by atoms with Crippen LogP contribution in [0.15, 0.2) is 0 Å². The van der Waals surface area contributed by atoms with Crippen LogP contribution in [0.25, 0.3) is 0 Å². The molecule has 19 heavy (non-hydrogen) atoms. The van der Waals surface area contributed by atoms with Crippen LogP contribution in [0.3, 0.4) is 0 Å². The molecular formula is C16H30N2O. The van der Waals surface area contributed by atoms with E-state index < -0.39 is 0 Å². The molecule has 2 saturated heterocycles. The molecule has 0 aliphatic carbocycles. The summed E-state index contributed by atoms with van der Waals surface area (Å²) in [6.07, 6.45) is 5.49. The summed E-state index contributed by atoms with van der Waals surface area (Å²) in [7, 11) is 0. The Balaban J connectivity index is 1.71. The molecule has 1 amide bonds. The lowest BCUT2D eigenvalue weighted by Gasteiger charge is -2.35. The van der Waals surface area contributed by atoms with E-state index in [1.807, 2.05) is 0 Å². The van der Waals surface area contributed by atoms with Crippen molar-refractivity contribution in [1.29, 1.82) is 0 Å². The Hall–Kier alpha value is -0.570. The number of amides is 1. The summed E-state index contributed by atoms with van der Waals surface area (Å²) in [5.41, 5.74) is 0.267. The van der Waals surface area contributed by atoms with Crippen molar-refractivity contribution in [2.75, 3.05) is 26.2 Å². The Morgan fingerprint density at radius 2 is 1.84 bits per heavy atom. The average Bonchev–Trinajstić information content (AvgIpc) is 2.89. The van der Waals surface area contributed by atoms with Gasteiger partial charge in [0, 0.05) is 19.5 Å². The standard InChI is InChI=1S/C16H30N2O/c1-16(2,3)8-4-15(19)18-10-6-13(7-11-18)14-5-9-17-12-14/h13-14,17H,4-12H2,1-3H3. The molecule has 0 bridgehead atoms. The zero-order chi connectivity index (χ0) is 13.9. The Labute approximate surface area is 118 Å². The van der Waals surface area contributed by atoms with Gasteiger partial charge in [-0.05, 0) is 56.0 Å². The first-order valence-electron chi connectivity index (χ1n) is 7.94. The largest absolute Gasteiger partial charge is 0.343 e. The first-order valence-corrected chi connectivity index (χ1v) is 7.94. The zero-order valence-electron chi connectivity index (χ0n) is 12.9. The van der Waals surface area contributed by atoms with Crippen LogP contribution in [-0.2, 0) is 4.79 Å². The predicted octanol–water partition coefficient (Wildman–Crippen LogP) is 2.66. The smallest absolute Gasteiger partial charge is 0.222 e. The molecule has 2 heterocycles. The molecule has 2 aliphatic heterocycles. The van der Waals surface area contributed by atoms with Gasteiger partial charge >= 0.3 is 0 Å². The maximum Gasteiger partial charge on any atom is 0.222 e. The second-order valence-electron chi connectivity index (χ2n) is 7.53. The molecule has 3 nitrogen and oxygen atoms in total. The fraction of sp³-hybridized carbons (Fsp3) is 0.938. The third-order valence-corrected chi connectivity index (χ3v) is 4.75. The lowest BCUT2D eigenvalue weighted by atomic mass is 9.83. The number of likely N-dealkylation sites (tertiary alicyclic amines) is 1. The van der Waals surface area contributed by atoms with Crippen LogP contribution < -0.4 is 5.32 Å². The van der Waals surface area contributed by atoms with Crippen molar-refractivity contribution < 1.29 is 4.79 Å². The van der Waals surface area contributed by atoms with E-state index in [0.717, 1.165) is 37.8 Å². The lowest BCUT2D eigenvalue weighted by Crippen LogP contribution is -2.40. The molecule has 0 aromatic heterocycles. The van der Waals surface area contributed by atoms with Crippen LogP contribution in [0.1, 0.15) is 52.9 Å². The van der Waals surface area contributed by atoms with Crippen molar-refractivity contribution in [2.45, 2.75) is 52.9 Å². The molecule has 0 aromatic rings. The van der Waals surface area contributed by atoms with E-state index in [0.29, 0.717) is 5.91 Å². The first kappa shape index (κ1) is 14.8. The van der Waals surface area contributed by atoms with Gasteiger partial charge in [-0.15, -0.1) is 0 Å². The number of rotatable bonds is 3. The van der Waals surface area contributed by atoms with Crippen molar-refractivity contribution >= 4 is 5.91 Å². The van der Waals surface area contributed by atoms with Gasteiger partial charge in [-0.1, -0.05) is 20.8 Å². The Bertz CT molecular complexity index is 294. The van der Waals surface area contributed by atoms with Crippen LogP contribution in [0, 0.1) is 17.3 Å². The van der Waals surface area contributed by atoms with Crippen molar-refractivity contribution in [3.05, 3.63) is 0 Å². The molecule has 1 N–H and O–H groups in total. The van der Waals surface area contributed by atoms with Gasteiger partial charge < -0.3 is 10.2 Å². The SMILES string of the molecule is CC(C)(C)CCC(=O)N1CCC(C2CCNC2)CC1. The predicted molar refractivity (Wildman–Crippen MR) is 79.0 cm³/mol. The number of piperidine rings is 1. The lowest BCUT2D eigenvalue weighted by molar-refractivity contribution is -0.133. The van der Waals surface area contributed by atoms with E-state index >= 15 is 0 Å². The van der Waals surface area contributed by atoms with E-state index in [1.165, 1.54) is 32.4 Å². The maximum atomic E-state index is 12.2. The van der Waals surface area contributed by atoms with Crippen LogP contribution in [0.2, 0.25) is 0 Å². The summed E-state index contributed by atoms with van der Waals surface area (Å²) in [4.78, 5) is 14.3. The number of hydrogen-bond donors (Lipinski definition) is 1. The quantitative estimate of drug-likeness (QED) is 0.852.